The van der Waals surface area contributed by atoms with Crippen LogP contribution in [0.1, 0.15) is 34.6 Å². The van der Waals surface area contributed by atoms with Gasteiger partial charge in [-0.05, 0) is 36.7 Å². The molecule has 0 aromatic rings. The van der Waals surface area contributed by atoms with Gasteiger partial charge < -0.3 is 15.4 Å². The summed E-state index contributed by atoms with van der Waals surface area (Å²) in [6.45, 7) is 10.3. The molecule has 0 unspecified atom stereocenters. The van der Waals surface area contributed by atoms with Gasteiger partial charge in [0.2, 0.25) is 0 Å². The number of halogens is 1. The van der Waals surface area contributed by atoms with Crippen molar-refractivity contribution >= 4 is 34.0 Å². The zero-order valence-corrected chi connectivity index (χ0v) is 14.8. The van der Waals surface area contributed by atoms with Crippen molar-refractivity contribution in [1.29, 1.82) is 0 Å². The molecule has 1 aliphatic rings. The smallest absolute Gasteiger partial charge is 0.410 e. The van der Waals surface area contributed by atoms with Gasteiger partial charge in [-0.15, -0.1) is 0 Å². The van der Waals surface area contributed by atoms with E-state index in [0.29, 0.717) is 23.9 Å². The normalized spacial score (nSPS) is 16.6. The standard InChI is InChI=1S/C12H18BrN3O3.C2H6/c1-12(2,3)19-11(18)16-5-8(6-16)15-10(7-17)9(13)4-14;1-2/h4,7-8H,5-6,14H2,1-3H3;1-2H3/b9-4+,15-10?;. The highest BCUT2D eigenvalue weighted by atomic mass is 79.9. The highest BCUT2D eigenvalue weighted by Crippen LogP contribution is 2.18. The number of nitrogens with two attached hydrogens (primary N) is 1. The maximum atomic E-state index is 11.7. The number of likely N-dealkylation sites (tertiary alicyclic amines) is 1. The van der Waals surface area contributed by atoms with Crippen LogP contribution in [0.15, 0.2) is 15.7 Å². The summed E-state index contributed by atoms with van der Waals surface area (Å²) in [4.78, 5) is 28.2. The molecular weight excluding hydrogens is 338 g/mol. The highest BCUT2D eigenvalue weighted by molar-refractivity contribution is 9.12. The van der Waals surface area contributed by atoms with E-state index in [4.69, 9.17) is 10.5 Å². The van der Waals surface area contributed by atoms with Gasteiger partial charge in [-0.2, -0.15) is 0 Å². The third-order valence-electron chi connectivity index (χ3n) is 2.34. The number of rotatable bonds is 3. The first-order chi connectivity index (χ1) is 9.76. The van der Waals surface area contributed by atoms with Gasteiger partial charge in [0.1, 0.15) is 11.3 Å². The summed E-state index contributed by atoms with van der Waals surface area (Å²) < 4.78 is 5.66. The van der Waals surface area contributed by atoms with Crippen LogP contribution < -0.4 is 5.73 Å². The molecule has 6 nitrogen and oxygen atoms in total. The number of carbonyl (C=O) groups is 2. The summed E-state index contributed by atoms with van der Waals surface area (Å²) in [5.41, 5.74) is 5.03. The van der Waals surface area contributed by atoms with Crippen LogP contribution in [0.4, 0.5) is 4.79 Å². The van der Waals surface area contributed by atoms with Gasteiger partial charge in [-0.3, -0.25) is 9.79 Å². The Morgan fingerprint density at radius 2 is 1.90 bits per heavy atom. The monoisotopic (exact) mass is 361 g/mol. The van der Waals surface area contributed by atoms with E-state index in [1.165, 1.54) is 6.20 Å². The van der Waals surface area contributed by atoms with Crippen LogP contribution in [-0.4, -0.2) is 47.7 Å². The number of ether oxygens (including phenoxy) is 1. The van der Waals surface area contributed by atoms with Crippen molar-refractivity contribution < 1.29 is 14.3 Å². The van der Waals surface area contributed by atoms with E-state index in [-0.39, 0.29) is 17.8 Å². The van der Waals surface area contributed by atoms with Crippen molar-refractivity contribution in [3.8, 4) is 0 Å². The molecule has 120 valence electrons. The number of carbonyl (C=O) groups excluding carboxylic acids is 2. The summed E-state index contributed by atoms with van der Waals surface area (Å²) in [6.07, 6.45) is 1.53. The molecule has 0 bridgehead atoms. The molecule has 1 saturated heterocycles. The van der Waals surface area contributed by atoms with Crippen LogP contribution in [0.5, 0.6) is 0 Å². The third-order valence-corrected chi connectivity index (χ3v) is 3.01. The van der Waals surface area contributed by atoms with Crippen LogP contribution >= 0.6 is 15.9 Å². The van der Waals surface area contributed by atoms with Gasteiger partial charge in [-0.25, -0.2) is 4.79 Å². The van der Waals surface area contributed by atoms with Crippen LogP contribution in [0.25, 0.3) is 0 Å². The summed E-state index contributed by atoms with van der Waals surface area (Å²) in [5, 5.41) is 0. The van der Waals surface area contributed by atoms with Gasteiger partial charge in [0.25, 0.3) is 0 Å². The van der Waals surface area contributed by atoms with Crippen molar-refractivity contribution in [1.82, 2.24) is 4.90 Å². The van der Waals surface area contributed by atoms with E-state index in [2.05, 4.69) is 20.9 Å². The van der Waals surface area contributed by atoms with Crippen LogP contribution in [0.2, 0.25) is 0 Å². The summed E-state index contributed by atoms with van der Waals surface area (Å²) in [7, 11) is 0. The minimum atomic E-state index is -0.509. The summed E-state index contributed by atoms with van der Waals surface area (Å²) in [6, 6.07) is -0.0970. The van der Waals surface area contributed by atoms with E-state index in [0.717, 1.165) is 0 Å². The topological polar surface area (TPSA) is 85.0 Å². The van der Waals surface area contributed by atoms with Gasteiger partial charge in [0.15, 0.2) is 6.29 Å². The first-order valence-electron chi connectivity index (χ1n) is 6.85. The Bertz CT molecular complexity index is 422. The second-order valence-electron chi connectivity index (χ2n) is 5.19. The molecule has 0 aromatic heterocycles. The quantitative estimate of drug-likeness (QED) is 0.617. The molecule has 1 aliphatic heterocycles. The van der Waals surface area contributed by atoms with Gasteiger partial charge in [-0.1, -0.05) is 13.8 Å². The fourth-order valence-electron chi connectivity index (χ4n) is 1.44. The van der Waals surface area contributed by atoms with Gasteiger partial charge in [0.05, 0.1) is 10.5 Å². The fraction of sp³-hybridized carbons (Fsp3) is 0.643. The lowest BCUT2D eigenvalue weighted by molar-refractivity contribution is -0.102. The predicted molar refractivity (Wildman–Crippen MR) is 87.6 cm³/mol. The van der Waals surface area contributed by atoms with Crippen molar-refractivity contribution in [3.05, 3.63) is 10.7 Å². The lowest BCUT2D eigenvalue weighted by Crippen LogP contribution is -2.54. The number of aliphatic imine (C=N–C) groups is 1. The number of hydrogen-bond acceptors (Lipinski definition) is 5. The lowest BCUT2D eigenvalue weighted by atomic mass is 10.1. The van der Waals surface area contributed by atoms with E-state index in [9.17, 15) is 9.59 Å². The zero-order valence-electron chi connectivity index (χ0n) is 13.2. The first kappa shape index (κ1) is 19.6. The van der Waals surface area contributed by atoms with Crippen LogP contribution in [0, 0.1) is 0 Å². The van der Waals surface area contributed by atoms with E-state index < -0.39 is 5.60 Å². The molecule has 0 radical (unpaired) electrons. The Kier molecular flexibility index (Phi) is 8.24. The van der Waals surface area contributed by atoms with E-state index in [1.54, 1.807) is 4.90 Å². The molecule has 1 fully saturated rings. The molecule has 1 heterocycles. The van der Waals surface area contributed by atoms with Crippen LogP contribution in [-0.2, 0) is 9.53 Å². The minimum Gasteiger partial charge on any atom is -0.444 e. The summed E-state index contributed by atoms with van der Waals surface area (Å²) >= 11 is 3.14. The number of aldehydes is 1. The Hall–Kier alpha value is -1.37. The Morgan fingerprint density at radius 1 is 1.38 bits per heavy atom. The summed E-state index contributed by atoms with van der Waals surface area (Å²) in [5.74, 6) is 0. The fourth-order valence-corrected chi connectivity index (χ4v) is 1.64. The molecule has 7 heteroatoms. The molecule has 2 N–H and O–H groups in total. The molecule has 1 rings (SSSR count). The van der Waals surface area contributed by atoms with Crippen molar-refractivity contribution in [3.63, 3.8) is 0 Å². The van der Waals surface area contributed by atoms with Gasteiger partial charge in [0, 0.05) is 19.3 Å². The SMILES string of the molecule is CC.CC(C)(C)OC(=O)N1CC(N=C(C=O)/C(Br)=C\N)C1. The van der Waals surface area contributed by atoms with Crippen molar-refractivity contribution in [2.75, 3.05) is 13.1 Å². The first-order valence-corrected chi connectivity index (χ1v) is 7.65. The number of hydrogen-bond donors (Lipinski definition) is 1. The number of allylic oxidation sites excluding steroid dienone is 1. The lowest BCUT2D eigenvalue weighted by Gasteiger charge is -2.37. The maximum absolute atomic E-state index is 11.7. The van der Waals surface area contributed by atoms with Gasteiger partial charge >= 0.3 is 6.09 Å². The predicted octanol–water partition coefficient (Wildman–Crippen LogP) is 2.47. The molecule has 0 saturated carbocycles. The Balaban J connectivity index is 0.00000191. The maximum Gasteiger partial charge on any atom is 0.410 e. The average molecular weight is 362 g/mol. The molecule has 1 amide bonds. The molecular formula is C14H24BrN3O3. The molecule has 0 aliphatic carbocycles. The average Bonchev–Trinajstić information content (AvgIpc) is 2.37. The Labute approximate surface area is 134 Å². The Morgan fingerprint density at radius 3 is 2.29 bits per heavy atom. The minimum absolute atomic E-state index is 0.0970. The van der Waals surface area contributed by atoms with E-state index >= 15 is 0 Å². The second-order valence-corrected chi connectivity index (χ2v) is 6.04. The largest absolute Gasteiger partial charge is 0.444 e. The third kappa shape index (κ3) is 6.75. The number of nitrogens with zero attached hydrogens (tertiary/aromatic N) is 2. The van der Waals surface area contributed by atoms with E-state index in [1.807, 2.05) is 34.6 Å². The van der Waals surface area contributed by atoms with Crippen molar-refractivity contribution in [2.45, 2.75) is 46.3 Å². The molecule has 0 aromatic carbocycles. The van der Waals surface area contributed by atoms with Crippen LogP contribution in [0.3, 0.4) is 0 Å². The van der Waals surface area contributed by atoms with Crippen molar-refractivity contribution in [2.24, 2.45) is 10.7 Å². The highest BCUT2D eigenvalue weighted by Gasteiger charge is 2.33. The molecule has 0 atom stereocenters. The number of amides is 1. The second kappa shape index (κ2) is 8.81. The molecule has 21 heavy (non-hydrogen) atoms. The zero-order chi connectivity index (χ0) is 16.6. The molecule has 0 spiro atoms.